The Bertz CT molecular complexity index is 1240. The average molecular weight is 412 g/mol. The van der Waals surface area contributed by atoms with E-state index in [9.17, 15) is 8.42 Å². The number of fused-ring (bicyclic) bond motifs is 1. The molecular formula is C18H16N6O4S. The summed E-state index contributed by atoms with van der Waals surface area (Å²) in [6.07, 6.45) is 1.40. The minimum Gasteiger partial charge on any atom is -0.470 e. The first-order valence-electron chi connectivity index (χ1n) is 8.53. The van der Waals surface area contributed by atoms with Gasteiger partial charge in [-0.15, -0.1) is 10.2 Å². The standard InChI is InChI=1S/C18H16N6O4S/c1-27-29(25,26)10-13-6-4-5-12(21-13)9-28-18-15-8-3-2-7-14(15)16(22-24-18)17-19-11-20-23-17/h2-8,11H,9-10H2,1H3,(H,19,20,23). The van der Waals surface area contributed by atoms with Crippen LogP contribution in [-0.2, 0) is 26.7 Å². The first-order valence-corrected chi connectivity index (χ1v) is 10.1. The Kier molecular flexibility index (Phi) is 5.14. The van der Waals surface area contributed by atoms with Crippen molar-refractivity contribution in [1.29, 1.82) is 0 Å². The van der Waals surface area contributed by atoms with Crippen molar-refractivity contribution in [3.05, 3.63) is 60.2 Å². The van der Waals surface area contributed by atoms with E-state index in [-0.39, 0.29) is 12.4 Å². The number of benzene rings is 1. The summed E-state index contributed by atoms with van der Waals surface area (Å²) in [4.78, 5) is 8.43. The van der Waals surface area contributed by atoms with E-state index in [1.165, 1.54) is 6.33 Å². The maximum absolute atomic E-state index is 11.6. The van der Waals surface area contributed by atoms with Gasteiger partial charge < -0.3 is 4.74 Å². The summed E-state index contributed by atoms with van der Waals surface area (Å²) in [6.45, 7) is 0.0984. The Morgan fingerprint density at radius 3 is 2.55 bits per heavy atom. The molecule has 0 bridgehead atoms. The number of rotatable bonds is 7. The highest BCUT2D eigenvalue weighted by molar-refractivity contribution is 7.85. The van der Waals surface area contributed by atoms with Crippen LogP contribution in [0.2, 0.25) is 0 Å². The summed E-state index contributed by atoms with van der Waals surface area (Å²) in [5, 5.41) is 16.6. The molecule has 0 saturated carbocycles. The van der Waals surface area contributed by atoms with E-state index in [1.54, 1.807) is 18.2 Å². The molecule has 0 aliphatic rings. The second-order valence-corrected chi connectivity index (χ2v) is 7.75. The van der Waals surface area contributed by atoms with E-state index in [0.29, 0.717) is 28.8 Å². The van der Waals surface area contributed by atoms with E-state index < -0.39 is 10.1 Å². The summed E-state index contributed by atoms with van der Waals surface area (Å²) < 4.78 is 33.5. The van der Waals surface area contributed by atoms with Crippen LogP contribution in [0.4, 0.5) is 0 Å². The van der Waals surface area contributed by atoms with Crippen LogP contribution in [0.5, 0.6) is 5.88 Å². The minimum atomic E-state index is -3.65. The minimum absolute atomic E-state index is 0.0984. The zero-order valence-electron chi connectivity index (χ0n) is 15.3. The summed E-state index contributed by atoms with van der Waals surface area (Å²) in [5.41, 5.74) is 1.49. The lowest BCUT2D eigenvalue weighted by Crippen LogP contribution is -2.09. The number of ether oxygens (including phenoxy) is 1. The molecule has 3 aromatic heterocycles. The van der Waals surface area contributed by atoms with Crippen molar-refractivity contribution in [1.82, 2.24) is 30.4 Å². The van der Waals surface area contributed by atoms with Gasteiger partial charge in [0.15, 0.2) is 5.82 Å². The van der Waals surface area contributed by atoms with Crippen LogP contribution < -0.4 is 4.74 Å². The Balaban J connectivity index is 1.59. The smallest absolute Gasteiger partial charge is 0.272 e. The van der Waals surface area contributed by atoms with Crippen LogP contribution in [-0.4, -0.2) is 45.9 Å². The van der Waals surface area contributed by atoms with Crippen molar-refractivity contribution in [2.75, 3.05) is 7.11 Å². The van der Waals surface area contributed by atoms with Crippen molar-refractivity contribution < 1.29 is 17.3 Å². The third-order valence-corrected chi connectivity index (χ3v) is 5.25. The van der Waals surface area contributed by atoms with Gasteiger partial charge in [0.05, 0.1) is 18.5 Å². The molecule has 0 amide bonds. The first-order chi connectivity index (χ1) is 14.1. The van der Waals surface area contributed by atoms with Crippen LogP contribution in [0.1, 0.15) is 11.4 Å². The molecule has 0 spiro atoms. The maximum Gasteiger partial charge on any atom is 0.272 e. The highest BCUT2D eigenvalue weighted by atomic mass is 32.2. The van der Waals surface area contributed by atoms with Crippen LogP contribution in [0, 0.1) is 0 Å². The van der Waals surface area contributed by atoms with Crippen molar-refractivity contribution in [3.63, 3.8) is 0 Å². The Morgan fingerprint density at radius 1 is 1.00 bits per heavy atom. The first kappa shape index (κ1) is 18.9. The molecule has 0 unspecified atom stereocenters. The monoisotopic (exact) mass is 412 g/mol. The van der Waals surface area contributed by atoms with Crippen molar-refractivity contribution >= 4 is 20.9 Å². The molecule has 29 heavy (non-hydrogen) atoms. The highest BCUT2D eigenvalue weighted by Crippen LogP contribution is 2.29. The molecule has 4 aromatic rings. The van der Waals surface area contributed by atoms with E-state index in [1.807, 2.05) is 24.3 Å². The number of hydrogen-bond donors (Lipinski definition) is 1. The zero-order valence-corrected chi connectivity index (χ0v) is 16.1. The SMILES string of the molecule is COS(=O)(=O)Cc1cccc(COc2nnc(-c3ncn[nH]3)c3ccccc23)n1. The lowest BCUT2D eigenvalue weighted by Gasteiger charge is -2.10. The predicted octanol–water partition coefficient (Wildman–Crippen LogP) is 1.87. The Morgan fingerprint density at radius 2 is 1.79 bits per heavy atom. The van der Waals surface area contributed by atoms with Gasteiger partial charge in [-0.1, -0.05) is 24.3 Å². The number of nitrogens with zero attached hydrogens (tertiary/aromatic N) is 5. The third kappa shape index (κ3) is 4.20. The van der Waals surface area contributed by atoms with Gasteiger partial charge in [0.2, 0.25) is 5.88 Å². The predicted molar refractivity (Wildman–Crippen MR) is 103 cm³/mol. The van der Waals surface area contributed by atoms with Gasteiger partial charge in [0.1, 0.15) is 24.4 Å². The van der Waals surface area contributed by atoms with Crippen LogP contribution in [0.25, 0.3) is 22.3 Å². The quantitative estimate of drug-likeness (QED) is 0.452. The number of aromatic nitrogens is 6. The molecule has 0 aliphatic carbocycles. The van der Waals surface area contributed by atoms with Gasteiger partial charge in [0.25, 0.3) is 10.1 Å². The van der Waals surface area contributed by atoms with Gasteiger partial charge in [-0.3, -0.25) is 14.3 Å². The number of nitrogens with one attached hydrogen (secondary N) is 1. The molecule has 0 radical (unpaired) electrons. The Hall–Kier alpha value is -3.44. The molecule has 10 nitrogen and oxygen atoms in total. The van der Waals surface area contributed by atoms with Crippen LogP contribution in [0.3, 0.4) is 0 Å². The molecule has 0 saturated heterocycles. The zero-order chi connectivity index (χ0) is 20.3. The molecule has 1 aromatic carbocycles. The van der Waals surface area contributed by atoms with Crippen molar-refractivity contribution in [2.45, 2.75) is 12.4 Å². The summed E-state index contributed by atoms with van der Waals surface area (Å²) in [5.74, 6) is 0.529. The molecule has 0 fully saturated rings. The molecule has 0 aliphatic heterocycles. The summed E-state index contributed by atoms with van der Waals surface area (Å²) >= 11 is 0. The molecule has 148 valence electrons. The summed E-state index contributed by atoms with van der Waals surface area (Å²) in [7, 11) is -2.53. The van der Waals surface area contributed by atoms with Gasteiger partial charge in [-0.05, 0) is 18.2 Å². The lowest BCUT2D eigenvalue weighted by molar-refractivity contribution is 0.290. The fourth-order valence-corrected chi connectivity index (χ4v) is 3.39. The molecule has 11 heteroatoms. The van der Waals surface area contributed by atoms with E-state index in [2.05, 4.69) is 34.5 Å². The van der Waals surface area contributed by atoms with Crippen LogP contribution in [0.15, 0.2) is 48.8 Å². The van der Waals surface area contributed by atoms with Gasteiger partial charge in [-0.2, -0.15) is 13.5 Å². The van der Waals surface area contributed by atoms with Crippen molar-refractivity contribution in [3.8, 4) is 17.4 Å². The lowest BCUT2D eigenvalue weighted by atomic mass is 10.1. The van der Waals surface area contributed by atoms with E-state index in [4.69, 9.17) is 4.74 Å². The molecule has 3 heterocycles. The van der Waals surface area contributed by atoms with Crippen molar-refractivity contribution in [2.24, 2.45) is 0 Å². The third-order valence-electron chi connectivity index (χ3n) is 4.09. The normalized spacial score (nSPS) is 11.6. The van der Waals surface area contributed by atoms with Crippen LogP contribution >= 0.6 is 0 Å². The maximum atomic E-state index is 11.6. The fraction of sp³-hybridized carbons (Fsp3) is 0.167. The van der Waals surface area contributed by atoms with Gasteiger partial charge in [-0.25, -0.2) is 4.98 Å². The van der Waals surface area contributed by atoms with E-state index >= 15 is 0 Å². The molecule has 1 N–H and O–H groups in total. The topological polar surface area (TPSA) is 133 Å². The number of aromatic amines is 1. The molecular weight excluding hydrogens is 396 g/mol. The summed E-state index contributed by atoms with van der Waals surface area (Å²) in [6, 6.07) is 12.6. The van der Waals surface area contributed by atoms with Gasteiger partial charge >= 0.3 is 0 Å². The number of pyridine rings is 1. The van der Waals surface area contributed by atoms with E-state index in [0.717, 1.165) is 17.9 Å². The average Bonchev–Trinajstić information content (AvgIpc) is 3.26. The highest BCUT2D eigenvalue weighted by Gasteiger charge is 2.15. The largest absolute Gasteiger partial charge is 0.470 e. The second kappa shape index (κ2) is 7.89. The Labute approximate surface area is 166 Å². The molecule has 4 rings (SSSR count). The number of H-pyrrole nitrogens is 1. The fourth-order valence-electron chi connectivity index (χ4n) is 2.75. The number of hydrogen-bond acceptors (Lipinski definition) is 9. The molecule has 0 atom stereocenters. The second-order valence-electron chi connectivity index (χ2n) is 6.01. The van der Waals surface area contributed by atoms with Gasteiger partial charge in [0, 0.05) is 10.8 Å².